The second kappa shape index (κ2) is 14.7. The minimum atomic E-state index is -3.76. The number of amides is 4. The molecule has 1 aliphatic heterocycles. The highest BCUT2D eigenvalue weighted by atomic mass is 32.2. The van der Waals surface area contributed by atoms with E-state index in [1.807, 2.05) is 0 Å². The average Bonchev–Trinajstić information content (AvgIpc) is 3.06. The van der Waals surface area contributed by atoms with Crippen LogP contribution in [0.3, 0.4) is 0 Å². The molecule has 1 unspecified atom stereocenters. The fraction of sp³-hybridized carbons (Fsp3) is 0.265. The molecule has 2 aromatic heterocycles. The Morgan fingerprint density at radius 2 is 1.67 bits per heavy atom. The summed E-state index contributed by atoms with van der Waals surface area (Å²) in [6.45, 7) is 3.26. The number of nitrogens with one attached hydrogen (secondary N) is 2. The second-order valence-corrected chi connectivity index (χ2v) is 14.3. The van der Waals surface area contributed by atoms with E-state index in [1.165, 1.54) is 73.7 Å². The number of carbonyl (C=O) groups is 3. The van der Waals surface area contributed by atoms with Crippen molar-refractivity contribution in [2.45, 2.75) is 24.8 Å². The monoisotopic (exact) mass is 722 g/mol. The lowest BCUT2D eigenvalue weighted by Gasteiger charge is -2.39. The van der Waals surface area contributed by atoms with Crippen molar-refractivity contribution < 1.29 is 36.3 Å². The van der Waals surface area contributed by atoms with E-state index < -0.39 is 45.4 Å². The van der Waals surface area contributed by atoms with Crippen molar-refractivity contribution in [1.29, 1.82) is 0 Å². The van der Waals surface area contributed by atoms with Gasteiger partial charge < -0.3 is 25.2 Å². The Hall–Kier alpha value is -5.68. The van der Waals surface area contributed by atoms with Gasteiger partial charge in [0, 0.05) is 64.8 Å². The van der Waals surface area contributed by atoms with Gasteiger partial charge in [-0.3, -0.25) is 9.59 Å². The maximum Gasteiger partial charge on any atom is 0.331 e. The first-order chi connectivity index (χ1) is 24.1. The Morgan fingerprint density at radius 1 is 0.961 bits per heavy atom. The van der Waals surface area contributed by atoms with Gasteiger partial charge >= 0.3 is 6.03 Å². The molecule has 1 aliphatic rings. The lowest BCUT2D eigenvalue weighted by atomic mass is 10.0. The number of aromatic nitrogens is 2. The van der Waals surface area contributed by atoms with E-state index in [1.54, 1.807) is 32.8 Å². The van der Waals surface area contributed by atoms with Gasteiger partial charge in [-0.25, -0.2) is 41.2 Å². The minimum Gasteiger partial charge on any atom is -0.454 e. The van der Waals surface area contributed by atoms with Crippen LogP contribution in [0.1, 0.15) is 13.8 Å². The summed E-state index contributed by atoms with van der Waals surface area (Å²) in [7, 11) is 2.43. The van der Waals surface area contributed by atoms with Crippen molar-refractivity contribution >= 4 is 56.7 Å². The molecule has 17 heteroatoms. The smallest absolute Gasteiger partial charge is 0.331 e. The van der Waals surface area contributed by atoms with Crippen LogP contribution in [0.25, 0.3) is 0 Å². The largest absolute Gasteiger partial charge is 0.454 e. The molecule has 0 aliphatic carbocycles. The van der Waals surface area contributed by atoms with Crippen molar-refractivity contribution in [2.75, 3.05) is 55.2 Å². The highest BCUT2D eigenvalue weighted by Crippen LogP contribution is 2.31. The van der Waals surface area contributed by atoms with Crippen LogP contribution in [0.5, 0.6) is 11.5 Å². The van der Waals surface area contributed by atoms with Crippen LogP contribution >= 0.6 is 0 Å². The fourth-order valence-corrected chi connectivity index (χ4v) is 6.19. The molecular formula is C34H36F2N8O6S. The van der Waals surface area contributed by atoms with Gasteiger partial charge in [0.15, 0.2) is 17.4 Å². The lowest BCUT2D eigenvalue weighted by Crippen LogP contribution is -2.61. The van der Waals surface area contributed by atoms with Crippen molar-refractivity contribution in [3.05, 3.63) is 84.6 Å². The van der Waals surface area contributed by atoms with Gasteiger partial charge in [0.1, 0.15) is 34.0 Å². The molecule has 0 spiro atoms. The number of hydrogen-bond acceptors (Lipinski definition) is 10. The number of carbonyl (C=O) groups excluding carboxylic acids is 3. The van der Waals surface area contributed by atoms with Crippen LogP contribution in [0.4, 0.5) is 42.4 Å². The van der Waals surface area contributed by atoms with Gasteiger partial charge in [0.25, 0.3) is 0 Å². The summed E-state index contributed by atoms with van der Waals surface area (Å²) in [5.41, 5.74) is 0.151. The van der Waals surface area contributed by atoms with E-state index in [2.05, 4.69) is 20.6 Å². The van der Waals surface area contributed by atoms with Gasteiger partial charge in [-0.1, -0.05) is 0 Å². The quantitative estimate of drug-likeness (QED) is 0.201. The van der Waals surface area contributed by atoms with Crippen molar-refractivity contribution in [1.82, 2.24) is 19.2 Å². The number of halogens is 2. The number of anilines is 5. The molecule has 5 rings (SSSR count). The van der Waals surface area contributed by atoms with Gasteiger partial charge in [-0.2, -0.15) is 0 Å². The highest BCUT2D eigenvalue weighted by Gasteiger charge is 2.44. The number of benzene rings is 2. The third-order valence-electron chi connectivity index (χ3n) is 7.80. The molecule has 1 saturated heterocycles. The van der Waals surface area contributed by atoms with E-state index >= 15 is 4.39 Å². The van der Waals surface area contributed by atoms with Gasteiger partial charge in [0.05, 0.1) is 5.69 Å². The third kappa shape index (κ3) is 7.89. The normalized spacial score (nSPS) is 15.0. The third-order valence-corrected chi connectivity index (χ3v) is 9.63. The fourth-order valence-electron chi connectivity index (χ4n) is 5.10. The van der Waals surface area contributed by atoms with E-state index in [9.17, 15) is 27.2 Å². The topological polar surface area (TPSA) is 157 Å². The number of pyridine rings is 2. The molecule has 14 nitrogen and oxygen atoms in total. The van der Waals surface area contributed by atoms with Gasteiger partial charge in [-0.05, 0) is 68.4 Å². The lowest BCUT2D eigenvalue weighted by molar-refractivity contribution is -0.132. The Kier molecular flexibility index (Phi) is 10.5. The Morgan fingerprint density at radius 3 is 2.29 bits per heavy atom. The van der Waals surface area contributed by atoms with Crippen molar-refractivity contribution in [3.8, 4) is 11.5 Å². The summed E-state index contributed by atoms with van der Waals surface area (Å²) in [4.78, 5) is 52.3. The van der Waals surface area contributed by atoms with Crippen LogP contribution in [-0.4, -0.2) is 86.2 Å². The van der Waals surface area contributed by atoms with Gasteiger partial charge in [0.2, 0.25) is 21.8 Å². The van der Waals surface area contributed by atoms with Crippen LogP contribution in [0, 0.1) is 17.6 Å². The highest BCUT2D eigenvalue weighted by molar-refractivity contribution is 7.89. The van der Waals surface area contributed by atoms with Crippen LogP contribution in [0.2, 0.25) is 0 Å². The molecule has 0 radical (unpaired) electrons. The Balaban J connectivity index is 1.30. The summed E-state index contributed by atoms with van der Waals surface area (Å²) < 4.78 is 61.2. The van der Waals surface area contributed by atoms with E-state index in [0.717, 1.165) is 27.4 Å². The molecule has 51 heavy (non-hydrogen) atoms. The van der Waals surface area contributed by atoms with Crippen molar-refractivity contribution in [3.63, 3.8) is 0 Å². The molecule has 4 aromatic rings. The SMILES string of the molecule is CC(C)N1CC(C(=O)Nc2ccc(Oc3ccnc(Nc4ccc(S(=O)(=O)N(C)C)c(N(C)C)n4)c3)c(F)c2)C(=O)N(c2ccc(F)cc2)C1=O. The number of hydrogen-bond donors (Lipinski definition) is 2. The number of rotatable bonds is 11. The minimum absolute atomic E-state index is 0.0214. The number of sulfonamides is 1. The van der Waals surface area contributed by atoms with Crippen LogP contribution in [0.15, 0.2) is 77.8 Å². The zero-order valence-electron chi connectivity index (χ0n) is 28.6. The molecule has 3 heterocycles. The predicted octanol–water partition coefficient (Wildman–Crippen LogP) is 5.04. The maximum absolute atomic E-state index is 15.3. The molecular weight excluding hydrogens is 686 g/mol. The Bertz CT molecular complexity index is 2080. The molecule has 0 saturated carbocycles. The number of urea groups is 1. The second-order valence-electron chi connectivity index (χ2n) is 12.2. The number of ether oxygens (including phenoxy) is 1. The standard InChI is InChI=1S/C34H36F2N8O6S/c1-20(2)43-19-25(33(46)44(34(43)47)23-10-7-21(35)8-11-23)32(45)38-22-9-12-27(26(36)17-22)50-24-15-16-37-30(18-24)39-29-14-13-28(31(40-29)41(3)4)51(48,49)42(5)6/h7-18,20,25H,19H2,1-6H3,(H,38,45)(H,37,39,40). The summed E-state index contributed by atoms with van der Waals surface area (Å²) >= 11 is 0. The van der Waals surface area contributed by atoms with Gasteiger partial charge in [-0.15, -0.1) is 0 Å². The number of nitrogens with zero attached hydrogens (tertiary/aromatic N) is 6. The van der Waals surface area contributed by atoms with Crippen LogP contribution < -0.4 is 25.2 Å². The molecule has 0 bridgehead atoms. The molecule has 268 valence electrons. The molecule has 2 N–H and O–H groups in total. The molecule has 2 aromatic carbocycles. The first-order valence-electron chi connectivity index (χ1n) is 15.6. The zero-order valence-corrected chi connectivity index (χ0v) is 29.4. The predicted molar refractivity (Wildman–Crippen MR) is 187 cm³/mol. The van der Waals surface area contributed by atoms with E-state index in [4.69, 9.17) is 4.74 Å². The molecule has 1 atom stereocenters. The zero-order chi connectivity index (χ0) is 37.2. The van der Waals surface area contributed by atoms with E-state index in [-0.39, 0.29) is 52.0 Å². The number of imide groups is 1. The summed E-state index contributed by atoms with van der Waals surface area (Å²) in [6, 6.07) is 13.4. The first-order valence-corrected chi connectivity index (χ1v) is 17.0. The first kappa shape index (κ1) is 36.6. The van der Waals surface area contributed by atoms with E-state index in [0.29, 0.717) is 5.82 Å². The average molecular weight is 723 g/mol. The Labute approximate surface area is 293 Å². The molecule has 4 amide bonds. The van der Waals surface area contributed by atoms with Crippen molar-refractivity contribution in [2.24, 2.45) is 5.92 Å². The summed E-state index contributed by atoms with van der Waals surface area (Å²) in [5.74, 6) is -3.46. The van der Waals surface area contributed by atoms with Crippen LogP contribution in [-0.2, 0) is 19.6 Å². The molecule has 1 fully saturated rings. The maximum atomic E-state index is 15.3. The summed E-state index contributed by atoms with van der Waals surface area (Å²) in [5, 5.41) is 5.54. The summed E-state index contributed by atoms with van der Waals surface area (Å²) in [6.07, 6.45) is 1.42.